The molecule has 122 valence electrons. The Morgan fingerprint density at radius 1 is 1.14 bits per heavy atom. The molecule has 4 aliphatic rings. The van der Waals surface area contributed by atoms with Crippen LogP contribution in [-0.4, -0.2) is 59.9 Å². The van der Waals surface area contributed by atoms with E-state index >= 15 is 0 Å². The highest BCUT2D eigenvalue weighted by atomic mass is 16.5. The van der Waals surface area contributed by atoms with Gasteiger partial charge in [0.05, 0.1) is 30.8 Å². The Kier molecular flexibility index (Phi) is 3.61. The number of carbonyl (C=O) groups excluding carboxylic acids is 1. The quantitative estimate of drug-likeness (QED) is 0.835. The van der Waals surface area contributed by atoms with Gasteiger partial charge in [-0.1, -0.05) is 0 Å². The molecule has 4 rings (SSSR count). The Hall–Kier alpha value is -1.14. The van der Waals surface area contributed by atoms with Gasteiger partial charge in [0.1, 0.15) is 0 Å². The van der Waals surface area contributed by atoms with Crippen molar-refractivity contribution in [3.05, 3.63) is 0 Å². The second-order valence-electron chi connectivity index (χ2n) is 7.18. The molecule has 4 fully saturated rings. The molecule has 2 bridgehead atoms. The van der Waals surface area contributed by atoms with Crippen LogP contribution >= 0.6 is 0 Å². The highest BCUT2D eigenvalue weighted by Gasteiger charge is 2.53. The van der Waals surface area contributed by atoms with Gasteiger partial charge in [-0.05, 0) is 25.7 Å². The molecule has 4 aliphatic heterocycles. The molecule has 0 aromatic heterocycles. The van der Waals surface area contributed by atoms with Crippen molar-refractivity contribution in [1.29, 1.82) is 0 Å². The number of hydrogen-bond acceptors (Lipinski definition) is 4. The first-order valence-corrected chi connectivity index (χ1v) is 8.39. The molecule has 1 N–H and O–H groups in total. The molecule has 0 aliphatic carbocycles. The van der Waals surface area contributed by atoms with Crippen molar-refractivity contribution >= 4 is 11.9 Å². The van der Waals surface area contributed by atoms with E-state index in [0.29, 0.717) is 43.3 Å². The molecule has 22 heavy (non-hydrogen) atoms. The van der Waals surface area contributed by atoms with E-state index in [4.69, 9.17) is 14.6 Å². The minimum absolute atomic E-state index is 0.0772. The van der Waals surface area contributed by atoms with Crippen LogP contribution in [0.4, 0.5) is 0 Å². The lowest BCUT2D eigenvalue weighted by molar-refractivity contribution is -0.141. The lowest BCUT2D eigenvalue weighted by Gasteiger charge is -2.19. The van der Waals surface area contributed by atoms with Crippen LogP contribution in [0.2, 0.25) is 0 Å². The molecule has 0 spiro atoms. The van der Waals surface area contributed by atoms with Crippen LogP contribution in [0.1, 0.15) is 32.1 Å². The molecule has 1 amide bonds. The third-order valence-electron chi connectivity index (χ3n) is 5.92. The smallest absolute Gasteiger partial charge is 0.308 e. The third kappa shape index (κ3) is 2.42. The number of nitrogens with zero attached hydrogens (tertiary/aromatic N) is 1. The minimum atomic E-state index is -0.795. The third-order valence-corrected chi connectivity index (χ3v) is 5.92. The number of fused-ring (bicyclic) bond motifs is 5. The number of likely N-dealkylation sites (tertiary alicyclic amines) is 1. The maximum atomic E-state index is 12.4. The molecule has 4 saturated heterocycles. The first-order chi connectivity index (χ1) is 10.6. The summed E-state index contributed by atoms with van der Waals surface area (Å²) in [6, 6.07) is 0. The van der Waals surface area contributed by atoms with Gasteiger partial charge in [0, 0.05) is 31.3 Å². The molecule has 0 aromatic carbocycles. The Morgan fingerprint density at radius 2 is 1.82 bits per heavy atom. The summed E-state index contributed by atoms with van der Waals surface area (Å²) in [6.07, 6.45) is 4.62. The largest absolute Gasteiger partial charge is 0.481 e. The van der Waals surface area contributed by atoms with E-state index in [1.807, 2.05) is 4.90 Å². The average molecular weight is 309 g/mol. The van der Waals surface area contributed by atoms with Gasteiger partial charge in [-0.3, -0.25) is 9.59 Å². The Bertz CT molecular complexity index is 463. The van der Waals surface area contributed by atoms with Gasteiger partial charge >= 0.3 is 5.97 Å². The monoisotopic (exact) mass is 309 g/mol. The number of carboxylic acids is 1. The fourth-order valence-corrected chi connectivity index (χ4v) is 4.69. The van der Waals surface area contributed by atoms with Crippen molar-refractivity contribution in [2.75, 3.05) is 19.7 Å². The Morgan fingerprint density at radius 3 is 2.41 bits per heavy atom. The summed E-state index contributed by atoms with van der Waals surface area (Å²) in [7, 11) is 0. The molecular formula is C16H23NO5. The van der Waals surface area contributed by atoms with Crippen molar-refractivity contribution in [3.63, 3.8) is 0 Å². The van der Waals surface area contributed by atoms with E-state index in [9.17, 15) is 9.59 Å². The normalized spacial score (nSPS) is 42.8. The van der Waals surface area contributed by atoms with Gasteiger partial charge in [-0.15, -0.1) is 0 Å². The zero-order valence-corrected chi connectivity index (χ0v) is 12.6. The molecule has 0 saturated carbocycles. The van der Waals surface area contributed by atoms with E-state index in [-0.39, 0.29) is 18.6 Å². The fourth-order valence-electron chi connectivity index (χ4n) is 4.69. The van der Waals surface area contributed by atoms with Crippen molar-refractivity contribution in [1.82, 2.24) is 4.90 Å². The molecule has 6 nitrogen and oxygen atoms in total. The van der Waals surface area contributed by atoms with Crippen molar-refractivity contribution in [2.24, 2.45) is 17.8 Å². The highest BCUT2D eigenvalue weighted by molar-refractivity contribution is 5.76. The summed E-state index contributed by atoms with van der Waals surface area (Å²) < 4.78 is 11.4. The molecule has 0 aromatic rings. The van der Waals surface area contributed by atoms with E-state index in [2.05, 4.69) is 0 Å². The summed E-state index contributed by atoms with van der Waals surface area (Å²) >= 11 is 0. The van der Waals surface area contributed by atoms with Gasteiger partial charge in [0.2, 0.25) is 5.91 Å². The number of rotatable bonds is 4. The summed E-state index contributed by atoms with van der Waals surface area (Å²) in [4.78, 5) is 25.3. The second kappa shape index (κ2) is 5.49. The predicted octanol–water partition coefficient (Wildman–Crippen LogP) is 0.892. The lowest BCUT2D eigenvalue weighted by Crippen LogP contribution is -2.31. The number of hydrogen-bond donors (Lipinski definition) is 1. The highest BCUT2D eigenvalue weighted by Crippen LogP contribution is 2.47. The van der Waals surface area contributed by atoms with Crippen molar-refractivity contribution in [3.8, 4) is 0 Å². The van der Waals surface area contributed by atoms with Crippen molar-refractivity contribution in [2.45, 2.75) is 50.4 Å². The maximum Gasteiger partial charge on any atom is 0.308 e. The zero-order chi connectivity index (χ0) is 15.3. The van der Waals surface area contributed by atoms with Gasteiger partial charge in [0.25, 0.3) is 0 Å². The molecule has 4 heterocycles. The SMILES string of the molecule is O=C(O)[C@@H]1CO[C@H](CCC(=O)N2C[C@@H]3[C@H](C2)[C@H]2CC[C@@H]3O2)C1. The summed E-state index contributed by atoms with van der Waals surface area (Å²) in [5.41, 5.74) is 0. The lowest BCUT2D eigenvalue weighted by atomic mass is 9.82. The van der Waals surface area contributed by atoms with Crippen LogP contribution in [0, 0.1) is 17.8 Å². The van der Waals surface area contributed by atoms with E-state index in [1.54, 1.807) is 0 Å². The molecule has 0 radical (unpaired) electrons. The van der Waals surface area contributed by atoms with Crippen LogP contribution < -0.4 is 0 Å². The second-order valence-corrected chi connectivity index (χ2v) is 7.18. The van der Waals surface area contributed by atoms with Gasteiger partial charge in [-0.2, -0.15) is 0 Å². The number of amides is 1. The van der Waals surface area contributed by atoms with Gasteiger partial charge in [0.15, 0.2) is 0 Å². The first kappa shape index (κ1) is 14.5. The molecule has 0 unspecified atom stereocenters. The van der Waals surface area contributed by atoms with Crippen LogP contribution in [0.25, 0.3) is 0 Å². The van der Waals surface area contributed by atoms with E-state index in [1.165, 1.54) is 0 Å². The number of ether oxygens (including phenoxy) is 2. The van der Waals surface area contributed by atoms with Crippen molar-refractivity contribution < 1.29 is 24.2 Å². The van der Waals surface area contributed by atoms with Crippen LogP contribution in [0.3, 0.4) is 0 Å². The molecule has 6 heteroatoms. The van der Waals surface area contributed by atoms with Crippen LogP contribution in [-0.2, 0) is 19.1 Å². The first-order valence-electron chi connectivity index (χ1n) is 8.39. The zero-order valence-electron chi connectivity index (χ0n) is 12.6. The standard InChI is InChI=1S/C16H23NO5/c18-15(4-1-10-5-9(8-21-10)16(19)20)17-6-11-12(7-17)14-3-2-13(11)22-14/h9-14H,1-8H2,(H,19,20)/t9-,10+,11-,12+,13+,14-/m0/s1. The Balaban J connectivity index is 1.25. The van der Waals surface area contributed by atoms with Crippen LogP contribution in [0.15, 0.2) is 0 Å². The Labute approximate surface area is 129 Å². The number of aliphatic carboxylic acids is 1. The maximum absolute atomic E-state index is 12.4. The minimum Gasteiger partial charge on any atom is -0.481 e. The summed E-state index contributed by atoms with van der Waals surface area (Å²) in [5.74, 6) is 0.0792. The molecular weight excluding hydrogens is 286 g/mol. The topological polar surface area (TPSA) is 76.1 Å². The number of carbonyl (C=O) groups is 2. The fraction of sp³-hybridized carbons (Fsp3) is 0.875. The number of carboxylic acid groups (broad SMARTS) is 1. The van der Waals surface area contributed by atoms with Gasteiger partial charge in [-0.25, -0.2) is 0 Å². The average Bonchev–Trinajstić information content (AvgIpc) is 3.24. The molecule has 6 atom stereocenters. The van der Waals surface area contributed by atoms with E-state index in [0.717, 1.165) is 25.9 Å². The predicted molar refractivity (Wildman–Crippen MR) is 76.2 cm³/mol. The van der Waals surface area contributed by atoms with Gasteiger partial charge < -0.3 is 19.5 Å². The summed E-state index contributed by atoms with van der Waals surface area (Å²) in [5, 5.41) is 8.96. The van der Waals surface area contributed by atoms with E-state index < -0.39 is 11.9 Å². The van der Waals surface area contributed by atoms with Crippen LogP contribution in [0.5, 0.6) is 0 Å². The summed E-state index contributed by atoms with van der Waals surface area (Å²) in [6.45, 7) is 1.96.